The van der Waals surface area contributed by atoms with Gasteiger partial charge >= 0.3 is 5.97 Å². The third kappa shape index (κ3) is 5.14. The summed E-state index contributed by atoms with van der Waals surface area (Å²) in [5.41, 5.74) is 5.00. The molecule has 90 valence electrons. The number of unbranched alkanes of at least 4 members (excludes halogenated alkanes) is 1. The van der Waals surface area contributed by atoms with Crippen molar-refractivity contribution in [3.63, 3.8) is 0 Å². The van der Waals surface area contributed by atoms with Crippen LogP contribution in [0.3, 0.4) is 0 Å². The summed E-state index contributed by atoms with van der Waals surface area (Å²) in [7, 11) is 1.37. The van der Waals surface area contributed by atoms with E-state index in [1.54, 1.807) is 6.92 Å². The minimum atomic E-state index is -0.904. The number of hydrogen-bond acceptors (Lipinski definition) is 4. The molecule has 0 amide bonds. The Kier molecular flexibility index (Phi) is 6.52. The Bertz CT molecular complexity index is 193. The van der Waals surface area contributed by atoms with Gasteiger partial charge < -0.3 is 15.4 Å². The maximum absolute atomic E-state index is 11.4. The maximum atomic E-state index is 11.4. The van der Waals surface area contributed by atoms with Gasteiger partial charge in [0.2, 0.25) is 0 Å². The van der Waals surface area contributed by atoms with Gasteiger partial charge in [-0.25, -0.2) is 0 Å². The van der Waals surface area contributed by atoms with Gasteiger partial charge in [-0.3, -0.25) is 4.79 Å². The van der Waals surface area contributed by atoms with Crippen molar-refractivity contribution in [1.82, 2.24) is 4.90 Å². The number of carbonyl (C=O) groups is 1. The number of nitrogens with two attached hydrogens (primary N) is 1. The van der Waals surface area contributed by atoms with Gasteiger partial charge in [0.25, 0.3) is 0 Å². The minimum absolute atomic E-state index is 0.350. The molecule has 0 aromatic heterocycles. The molecule has 0 spiro atoms. The lowest BCUT2D eigenvalue weighted by Gasteiger charge is -2.29. The smallest absolute Gasteiger partial charge is 0.326 e. The Labute approximate surface area is 92.8 Å². The Hall–Kier alpha value is -0.610. The summed E-state index contributed by atoms with van der Waals surface area (Å²) in [6.45, 7) is 8.38. The topological polar surface area (TPSA) is 55.6 Å². The summed E-state index contributed by atoms with van der Waals surface area (Å²) in [4.78, 5) is 13.6. The predicted molar refractivity (Wildman–Crippen MR) is 61.6 cm³/mol. The molecule has 0 rings (SSSR count). The Balaban J connectivity index is 4.20. The molecular weight excluding hydrogens is 192 g/mol. The van der Waals surface area contributed by atoms with E-state index in [1.165, 1.54) is 7.11 Å². The van der Waals surface area contributed by atoms with Crippen molar-refractivity contribution in [3.05, 3.63) is 0 Å². The first-order chi connectivity index (χ1) is 6.97. The van der Waals surface area contributed by atoms with Crippen LogP contribution in [-0.2, 0) is 9.53 Å². The summed E-state index contributed by atoms with van der Waals surface area (Å²) >= 11 is 0. The quantitative estimate of drug-likeness (QED) is 0.645. The van der Waals surface area contributed by atoms with E-state index in [2.05, 4.69) is 23.5 Å². The summed E-state index contributed by atoms with van der Waals surface area (Å²) in [6, 6.07) is 0. The highest BCUT2D eigenvalue weighted by Gasteiger charge is 2.31. The number of carbonyl (C=O) groups excluding carboxylic acids is 1. The second kappa shape index (κ2) is 6.80. The number of likely N-dealkylation sites (N-methyl/N-ethyl adjacent to an activating group) is 1. The van der Waals surface area contributed by atoms with E-state index in [1.807, 2.05) is 0 Å². The zero-order valence-corrected chi connectivity index (χ0v) is 10.4. The number of ether oxygens (including phenoxy) is 1. The van der Waals surface area contributed by atoms with E-state index in [0.717, 1.165) is 25.9 Å². The van der Waals surface area contributed by atoms with Crippen molar-refractivity contribution in [3.8, 4) is 0 Å². The van der Waals surface area contributed by atoms with E-state index < -0.39 is 5.54 Å². The molecule has 0 aromatic carbocycles. The van der Waals surface area contributed by atoms with Gasteiger partial charge in [-0.2, -0.15) is 0 Å². The lowest BCUT2D eigenvalue weighted by atomic mass is 10.0. The SMILES string of the molecule is CCCCN(CC)CC(C)(N)C(=O)OC. The zero-order chi connectivity index (χ0) is 11.9. The first-order valence-electron chi connectivity index (χ1n) is 5.57. The van der Waals surface area contributed by atoms with Crippen molar-refractivity contribution in [2.45, 2.75) is 39.2 Å². The molecule has 0 aliphatic rings. The molecule has 0 aliphatic heterocycles. The number of nitrogens with zero attached hydrogens (tertiary/aromatic N) is 1. The molecule has 15 heavy (non-hydrogen) atoms. The van der Waals surface area contributed by atoms with E-state index in [4.69, 9.17) is 5.73 Å². The molecule has 0 heterocycles. The van der Waals surface area contributed by atoms with Crippen molar-refractivity contribution >= 4 is 5.97 Å². The van der Waals surface area contributed by atoms with Crippen LogP contribution >= 0.6 is 0 Å². The average Bonchev–Trinajstić information content (AvgIpc) is 2.22. The molecule has 1 atom stereocenters. The lowest BCUT2D eigenvalue weighted by molar-refractivity contribution is -0.147. The van der Waals surface area contributed by atoms with Crippen LogP contribution in [0.1, 0.15) is 33.6 Å². The first-order valence-corrected chi connectivity index (χ1v) is 5.57. The Morgan fingerprint density at radius 1 is 1.47 bits per heavy atom. The highest BCUT2D eigenvalue weighted by atomic mass is 16.5. The van der Waals surface area contributed by atoms with Gasteiger partial charge in [-0.15, -0.1) is 0 Å². The Morgan fingerprint density at radius 2 is 2.07 bits per heavy atom. The van der Waals surface area contributed by atoms with Crippen molar-refractivity contribution < 1.29 is 9.53 Å². The molecule has 4 nitrogen and oxygen atoms in total. The highest BCUT2D eigenvalue weighted by Crippen LogP contribution is 2.06. The largest absolute Gasteiger partial charge is 0.468 e. The van der Waals surface area contributed by atoms with E-state index in [0.29, 0.717) is 6.54 Å². The summed E-state index contributed by atoms with van der Waals surface area (Å²) in [6.07, 6.45) is 2.28. The van der Waals surface area contributed by atoms with Crippen molar-refractivity contribution in [2.24, 2.45) is 5.73 Å². The first kappa shape index (κ1) is 14.4. The van der Waals surface area contributed by atoms with E-state index in [9.17, 15) is 4.79 Å². The number of rotatable bonds is 7. The third-order valence-electron chi connectivity index (χ3n) is 2.48. The number of esters is 1. The molecule has 0 fully saturated rings. The van der Waals surface area contributed by atoms with Crippen LogP contribution in [0.4, 0.5) is 0 Å². The minimum Gasteiger partial charge on any atom is -0.468 e. The van der Waals surface area contributed by atoms with E-state index >= 15 is 0 Å². The van der Waals surface area contributed by atoms with Crippen LogP contribution in [0.5, 0.6) is 0 Å². The fourth-order valence-corrected chi connectivity index (χ4v) is 1.49. The molecule has 2 N–H and O–H groups in total. The fraction of sp³-hybridized carbons (Fsp3) is 0.909. The molecule has 0 saturated carbocycles. The van der Waals surface area contributed by atoms with E-state index in [-0.39, 0.29) is 5.97 Å². The standard InChI is InChI=1S/C11H24N2O2/c1-5-7-8-13(6-2)9-11(3,12)10(14)15-4/h5-9,12H2,1-4H3. The van der Waals surface area contributed by atoms with Crippen molar-refractivity contribution in [1.29, 1.82) is 0 Å². The normalized spacial score (nSPS) is 15.1. The Morgan fingerprint density at radius 3 is 2.47 bits per heavy atom. The molecule has 0 radical (unpaired) electrons. The summed E-state index contributed by atoms with van der Waals surface area (Å²) < 4.78 is 4.67. The van der Waals surface area contributed by atoms with Crippen LogP contribution in [-0.4, -0.2) is 43.2 Å². The molecule has 0 bridgehead atoms. The molecule has 4 heteroatoms. The second-order valence-corrected chi connectivity index (χ2v) is 4.13. The van der Waals surface area contributed by atoms with Gasteiger partial charge in [0.1, 0.15) is 5.54 Å². The van der Waals surface area contributed by atoms with Crippen molar-refractivity contribution in [2.75, 3.05) is 26.7 Å². The zero-order valence-electron chi connectivity index (χ0n) is 10.4. The molecule has 1 unspecified atom stereocenters. The number of methoxy groups -OCH3 is 1. The van der Waals surface area contributed by atoms with Gasteiger partial charge in [-0.1, -0.05) is 20.3 Å². The van der Waals surface area contributed by atoms with Crippen LogP contribution in [0.15, 0.2) is 0 Å². The third-order valence-corrected chi connectivity index (χ3v) is 2.48. The average molecular weight is 216 g/mol. The monoisotopic (exact) mass is 216 g/mol. The van der Waals surface area contributed by atoms with Gasteiger partial charge in [-0.05, 0) is 26.4 Å². The molecule has 0 aliphatic carbocycles. The van der Waals surface area contributed by atoms with Gasteiger partial charge in [0.15, 0.2) is 0 Å². The highest BCUT2D eigenvalue weighted by molar-refractivity contribution is 5.80. The van der Waals surface area contributed by atoms with Crippen LogP contribution in [0.2, 0.25) is 0 Å². The van der Waals surface area contributed by atoms with Gasteiger partial charge in [0.05, 0.1) is 7.11 Å². The molecule has 0 saturated heterocycles. The lowest BCUT2D eigenvalue weighted by Crippen LogP contribution is -2.54. The van der Waals surface area contributed by atoms with Crippen LogP contribution in [0.25, 0.3) is 0 Å². The fourth-order valence-electron chi connectivity index (χ4n) is 1.49. The maximum Gasteiger partial charge on any atom is 0.326 e. The molecular formula is C11H24N2O2. The van der Waals surface area contributed by atoms with Crippen LogP contribution in [0, 0.1) is 0 Å². The summed E-state index contributed by atoms with van der Waals surface area (Å²) in [5, 5.41) is 0. The second-order valence-electron chi connectivity index (χ2n) is 4.13. The predicted octanol–water partition coefficient (Wildman–Crippen LogP) is 0.999. The number of hydrogen-bond donors (Lipinski definition) is 1. The molecule has 0 aromatic rings. The van der Waals surface area contributed by atoms with Gasteiger partial charge in [0, 0.05) is 6.54 Å². The van der Waals surface area contributed by atoms with Crippen LogP contribution < -0.4 is 5.73 Å². The summed E-state index contributed by atoms with van der Waals surface area (Å²) in [5.74, 6) is -0.350.